The van der Waals surface area contributed by atoms with E-state index < -0.39 is 8.32 Å². The standard InChI is InChI=1S/C20H24BrFOSi/c1-20(2,3)24(4,5)23-17-11-8-15(9-12-17)6-7-16-10-13-19(22)18(21)14-16/h6-14H,1-5H3. The van der Waals surface area contributed by atoms with Crippen LogP contribution in [0.4, 0.5) is 4.39 Å². The van der Waals surface area contributed by atoms with Crippen LogP contribution in [0.25, 0.3) is 12.2 Å². The maximum absolute atomic E-state index is 13.2. The summed E-state index contributed by atoms with van der Waals surface area (Å²) >= 11 is 3.20. The molecule has 0 aliphatic rings. The summed E-state index contributed by atoms with van der Waals surface area (Å²) < 4.78 is 20.0. The van der Waals surface area contributed by atoms with Crippen LogP contribution in [0.15, 0.2) is 46.9 Å². The van der Waals surface area contributed by atoms with Gasteiger partial charge >= 0.3 is 0 Å². The lowest BCUT2D eigenvalue weighted by Gasteiger charge is -2.36. The van der Waals surface area contributed by atoms with Crippen LogP contribution in [0.2, 0.25) is 18.1 Å². The second-order valence-electron chi connectivity index (χ2n) is 7.44. The van der Waals surface area contributed by atoms with Crippen LogP contribution < -0.4 is 4.43 Å². The highest BCUT2D eigenvalue weighted by Gasteiger charge is 2.38. The summed E-state index contributed by atoms with van der Waals surface area (Å²) in [4.78, 5) is 0. The van der Waals surface area contributed by atoms with Crippen LogP contribution in [0.3, 0.4) is 0 Å². The Bertz CT molecular complexity index is 730. The van der Waals surface area contributed by atoms with Crippen molar-refractivity contribution in [3.05, 3.63) is 63.9 Å². The number of benzene rings is 2. The summed E-state index contributed by atoms with van der Waals surface area (Å²) in [7, 11) is -1.80. The molecule has 0 atom stereocenters. The molecule has 0 N–H and O–H groups in total. The van der Waals surface area contributed by atoms with Crippen LogP contribution >= 0.6 is 15.9 Å². The highest BCUT2D eigenvalue weighted by molar-refractivity contribution is 9.10. The molecule has 0 bridgehead atoms. The lowest BCUT2D eigenvalue weighted by atomic mass is 10.1. The fourth-order valence-corrected chi connectivity index (χ4v) is 3.33. The molecule has 2 aromatic carbocycles. The predicted octanol–water partition coefficient (Wildman–Crippen LogP) is 7.14. The van der Waals surface area contributed by atoms with Gasteiger partial charge in [0.05, 0.1) is 4.47 Å². The predicted molar refractivity (Wildman–Crippen MR) is 107 cm³/mol. The molecule has 0 aliphatic carbocycles. The zero-order valence-corrected chi connectivity index (χ0v) is 17.4. The monoisotopic (exact) mass is 406 g/mol. The Labute approximate surface area is 153 Å². The Balaban J connectivity index is 2.09. The van der Waals surface area contributed by atoms with Gasteiger partial charge in [-0.05, 0) is 69.5 Å². The molecule has 4 heteroatoms. The van der Waals surface area contributed by atoms with Crippen LogP contribution in [-0.2, 0) is 0 Å². The molecule has 0 heterocycles. The Morgan fingerprint density at radius 3 is 2.04 bits per heavy atom. The van der Waals surface area contributed by atoms with Crippen molar-refractivity contribution in [2.24, 2.45) is 0 Å². The maximum atomic E-state index is 13.2. The molecule has 0 spiro atoms. The van der Waals surface area contributed by atoms with Crippen molar-refractivity contribution in [3.63, 3.8) is 0 Å². The van der Waals surface area contributed by atoms with E-state index in [-0.39, 0.29) is 10.9 Å². The smallest absolute Gasteiger partial charge is 0.250 e. The van der Waals surface area contributed by atoms with E-state index in [2.05, 4.69) is 49.8 Å². The van der Waals surface area contributed by atoms with Crippen molar-refractivity contribution in [2.45, 2.75) is 38.9 Å². The van der Waals surface area contributed by atoms with Gasteiger partial charge in [-0.1, -0.05) is 51.1 Å². The minimum Gasteiger partial charge on any atom is -0.544 e. The first kappa shape index (κ1) is 18.9. The Kier molecular flexibility index (Phi) is 5.71. The molecule has 0 unspecified atom stereocenters. The molecular weight excluding hydrogens is 383 g/mol. The van der Waals surface area contributed by atoms with Gasteiger partial charge in [0, 0.05) is 0 Å². The van der Waals surface area contributed by atoms with Gasteiger partial charge in [0.2, 0.25) is 8.32 Å². The number of hydrogen-bond donors (Lipinski definition) is 0. The average molecular weight is 407 g/mol. The Morgan fingerprint density at radius 2 is 1.50 bits per heavy atom. The van der Waals surface area contributed by atoms with Gasteiger partial charge < -0.3 is 4.43 Å². The van der Waals surface area contributed by atoms with Crippen LogP contribution in [0.1, 0.15) is 31.9 Å². The first-order valence-corrected chi connectivity index (χ1v) is 11.7. The van der Waals surface area contributed by atoms with Crippen molar-refractivity contribution in [1.29, 1.82) is 0 Å². The Hall–Kier alpha value is -1.39. The molecular formula is C20H24BrFOSi. The van der Waals surface area contributed by atoms with E-state index in [0.29, 0.717) is 4.47 Å². The summed E-state index contributed by atoms with van der Waals surface area (Å²) in [6.45, 7) is 11.2. The number of halogens is 2. The van der Waals surface area contributed by atoms with Crippen LogP contribution in [0.5, 0.6) is 5.75 Å². The van der Waals surface area contributed by atoms with Gasteiger partial charge in [0.15, 0.2) is 0 Å². The molecule has 0 saturated carbocycles. The van der Waals surface area contributed by atoms with Gasteiger partial charge in [-0.25, -0.2) is 4.39 Å². The van der Waals surface area contributed by atoms with Gasteiger partial charge in [-0.15, -0.1) is 0 Å². The minimum absolute atomic E-state index is 0.182. The van der Waals surface area contributed by atoms with E-state index in [1.165, 1.54) is 6.07 Å². The molecule has 1 nitrogen and oxygen atoms in total. The zero-order chi connectivity index (χ0) is 18.0. The highest BCUT2D eigenvalue weighted by atomic mass is 79.9. The van der Waals surface area contributed by atoms with Gasteiger partial charge in [0.25, 0.3) is 0 Å². The molecule has 0 aromatic heterocycles. The molecule has 0 aliphatic heterocycles. The molecule has 0 fully saturated rings. The lowest BCUT2D eigenvalue weighted by Crippen LogP contribution is -2.43. The topological polar surface area (TPSA) is 9.23 Å². The van der Waals surface area contributed by atoms with Gasteiger partial charge in [-0.3, -0.25) is 0 Å². The fourth-order valence-electron chi connectivity index (χ4n) is 1.90. The van der Waals surface area contributed by atoms with Crippen LogP contribution in [-0.4, -0.2) is 8.32 Å². The third-order valence-corrected chi connectivity index (χ3v) is 9.44. The van der Waals surface area contributed by atoms with E-state index in [0.717, 1.165) is 16.9 Å². The van der Waals surface area contributed by atoms with Gasteiger partial charge in [0.1, 0.15) is 11.6 Å². The quantitative estimate of drug-likeness (QED) is 0.387. The number of rotatable bonds is 4. The van der Waals surface area contributed by atoms with Crippen molar-refractivity contribution < 1.29 is 8.82 Å². The van der Waals surface area contributed by atoms with Crippen LogP contribution in [0, 0.1) is 5.82 Å². The first-order chi connectivity index (χ1) is 11.1. The van der Waals surface area contributed by atoms with Crippen molar-refractivity contribution >= 4 is 36.4 Å². The zero-order valence-electron chi connectivity index (χ0n) is 14.9. The maximum Gasteiger partial charge on any atom is 0.250 e. The third kappa shape index (κ3) is 4.80. The van der Waals surface area contributed by atoms with Crippen molar-refractivity contribution in [3.8, 4) is 5.75 Å². The van der Waals surface area contributed by atoms with E-state index in [1.807, 2.05) is 36.4 Å². The minimum atomic E-state index is -1.80. The highest BCUT2D eigenvalue weighted by Crippen LogP contribution is 2.37. The summed E-state index contributed by atoms with van der Waals surface area (Å²) in [5.74, 6) is 0.669. The van der Waals surface area contributed by atoms with Crippen molar-refractivity contribution in [2.75, 3.05) is 0 Å². The third-order valence-electron chi connectivity index (χ3n) is 4.47. The normalized spacial score (nSPS) is 12.6. The summed E-state index contributed by atoms with van der Waals surface area (Å²) in [6, 6.07) is 13.1. The Morgan fingerprint density at radius 1 is 0.958 bits per heavy atom. The fraction of sp³-hybridized carbons (Fsp3) is 0.300. The molecule has 2 rings (SSSR count). The SMILES string of the molecule is CC(C)(C)[Si](C)(C)Oc1ccc(C=Cc2ccc(F)c(Br)c2)cc1. The summed E-state index contributed by atoms with van der Waals surface area (Å²) in [6.07, 6.45) is 3.98. The first-order valence-electron chi connectivity index (χ1n) is 8.01. The molecule has 24 heavy (non-hydrogen) atoms. The second-order valence-corrected chi connectivity index (χ2v) is 13.0. The molecule has 0 amide bonds. The average Bonchev–Trinajstić information content (AvgIpc) is 2.48. The van der Waals surface area contributed by atoms with E-state index in [9.17, 15) is 4.39 Å². The van der Waals surface area contributed by atoms with E-state index >= 15 is 0 Å². The largest absolute Gasteiger partial charge is 0.544 e. The molecule has 2 aromatic rings. The lowest BCUT2D eigenvalue weighted by molar-refractivity contribution is 0.492. The summed E-state index contributed by atoms with van der Waals surface area (Å²) in [5, 5.41) is 0.182. The van der Waals surface area contributed by atoms with E-state index in [1.54, 1.807) is 12.1 Å². The van der Waals surface area contributed by atoms with Gasteiger partial charge in [-0.2, -0.15) is 0 Å². The van der Waals surface area contributed by atoms with Crippen molar-refractivity contribution in [1.82, 2.24) is 0 Å². The molecule has 0 saturated heterocycles. The van der Waals surface area contributed by atoms with E-state index in [4.69, 9.17) is 4.43 Å². The molecule has 128 valence electrons. The molecule has 0 radical (unpaired) electrons. The summed E-state index contributed by atoms with van der Waals surface area (Å²) in [5.41, 5.74) is 2.03. The number of hydrogen-bond acceptors (Lipinski definition) is 1. The second kappa shape index (κ2) is 7.24.